The molecule has 0 unspecified atom stereocenters. The highest BCUT2D eigenvalue weighted by atomic mass is 31.2. The summed E-state index contributed by atoms with van der Waals surface area (Å²) in [6.07, 6.45) is -1.68. The van der Waals surface area contributed by atoms with Crippen LogP contribution >= 0.6 is 7.82 Å². The molecule has 1 fully saturated rings. The molecule has 57 heavy (non-hydrogen) atoms. The van der Waals surface area contributed by atoms with Crippen molar-refractivity contribution in [3.05, 3.63) is 29.8 Å². The van der Waals surface area contributed by atoms with Gasteiger partial charge >= 0.3 is 7.82 Å². The van der Waals surface area contributed by atoms with Crippen molar-refractivity contribution in [2.75, 3.05) is 6.54 Å². The standard InChI is InChI=1S/C35H55N8O13P/c1-17(2)14-25(40-31(48)23(38-20(6)45)15-21-9-11-22(12-10-21)56-57(53,54)55)35(52)43-13-7-8-26(43)33(50)39-24(16-27(36)46)32(49)42-29(19(5)44)34(51)41-28(18(3)4)30(37)47/h9-12,17-19,23-26,28-29,44H,7-8,13-16H2,1-6H3,(H2,36,46)(H2,37,47)(H,38,45)(H,39,50)(H,40,48)(H,41,51)(H,42,49)(H2,53,54,55)/t19-,23-,24+,25-,26+,28+,29+/m1/s1. The Labute approximate surface area is 330 Å². The van der Waals surface area contributed by atoms with E-state index in [1.54, 1.807) is 27.7 Å². The first kappa shape index (κ1) is 48.0. The number of nitrogens with two attached hydrogens (primary N) is 2. The van der Waals surface area contributed by atoms with E-state index in [0.717, 1.165) is 0 Å². The zero-order valence-corrected chi connectivity index (χ0v) is 33.6. The molecule has 0 bridgehead atoms. The van der Waals surface area contributed by atoms with Gasteiger partial charge in [0.05, 0.1) is 12.5 Å². The minimum atomic E-state index is -4.81. The van der Waals surface area contributed by atoms with Crippen LogP contribution in [0.25, 0.3) is 0 Å². The Morgan fingerprint density at radius 1 is 0.825 bits per heavy atom. The van der Waals surface area contributed by atoms with E-state index in [-0.39, 0.29) is 37.5 Å². The van der Waals surface area contributed by atoms with Gasteiger partial charge in [-0.1, -0.05) is 39.8 Å². The monoisotopic (exact) mass is 826 g/mol. The van der Waals surface area contributed by atoms with Gasteiger partial charge in [0.2, 0.25) is 47.3 Å². The Balaban J connectivity index is 2.28. The molecule has 0 saturated carbocycles. The Morgan fingerprint density at radius 3 is 1.89 bits per heavy atom. The van der Waals surface area contributed by atoms with Gasteiger partial charge in [0, 0.05) is 19.9 Å². The van der Waals surface area contributed by atoms with Gasteiger partial charge in [0.15, 0.2) is 0 Å². The lowest BCUT2D eigenvalue weighted by atomic mass is 10.00. The molecule has 22 heteroatoms. The number of nitrogens with zero attached hydrogens (tertiary/aromatic N) is 1. The number of likely N-dealkylation sites (tertiary alicyclic amines) is 1. The maximum atomic E-state index is 14.1. The number of nitrogens with one attached hydrogen (secondary N) is 5. The predicted octanol–water partition coefficient (Wildman–Crippen LogP) is -2.42. The molecule has 1 saturated heterocycles. The third-order valence-electron chi connectivity index (χ3n) is 8.81. The second-order valence-electron chi connectivity index (χ2n) is 14.7. The number of phosphoric acid groups is 1. The first-order valence-electron chi connectivity index (χ1n) is 18.3. The van der Waals surface area contributed by atoms with Crippen LogP contribution in [0.4, 0.5) is 0 Å². The summed E-state index contributed by atoms with van der Waals surface area (Å²) in [5, 5.41) is 22.6. The van der Waals surface area contributed by atoms with Crippen molar-refractivity contribution in [1.82, 2.24) is 31.5 Å². The van der Waals surface area contributed by atoms with Gasteiger partial charge in [0.25, 0.3) is 0 Å². The van der Waals surface area contributed by atoms with Gasteiger partial charge in [-0.05, 0) is 55.7 Å². The summed E-state index contributed by atoms with van der Waals surface area (Å²) in [6, 6.07) is -2.53. The molecule has 12 N–H and O–H groups in total. The molecule has 1 aliphatic heterocycles. The molecule has 318 valence electrons. The van der Waals surface area contributed by atoms with Crippen molar-refractivity contribution in [2.45, 2.75) is 116 Å². The van der Waals surface area contributed by atoms with E-state index in [1.807, 2.05) is 0 Å². The lowest BCUT2D eigenvalue weighted by Gasteiger charge is -2.31. The molecular formula is C35H55N8O13P. The van der Waals surface area contributed by atoms with Gasteiger partial charge in [-0.3, -0.25) is 48.1 Å². The first-order chi connectivity index (χ1) is 26.4. The number of amides is 8. The molecule has 1 aromatic rings. The minimum absolute atomic E-state index is 0.0801. The number of hydrogen-bond donors (Lipinski definition) is 10. The second kappa shape index (κ2) is 21.4. The number of aliphatic hydroxyl groups excluding tert-OH is 1. The molecule has 2 rings (SSSR count). The van der Waals surface area contributed by atoms with E-state index in [4.69, 9.17) is 21.3 Å². The number of phosphoric ester groups is 1. The van der Waals surface area contributed by atoms with Crippen molar-refractivity contribution >= 4 is 55.1 Å². The van der Waals surface area contributed by atoms with Crippen LogP contribution in [0, 0.1) is 11.8 Å². The molecule has 8 amide bonds. The van der Waals surface area contributed by atoms with Crippen LogP contribution in [0.3, 0.4) is 0 Å². The predicted molar refractivity (Wildman–Crippen MR) is 202 cm³/mol. The Kier molecular flexibility index (Phi) is 18.1. The molecule has 1 heterocycles. The second-order valence-corrected chi connectivity index (χ2v) is 15.8. The van der Waals surface area contributed by atoms with Crippen molar-refractivity contribution < 1.29 is 62.3 Å². The van der Waals surface area contributed by atoms with E-state index in [2.05, 4.69) is 31.1 Å². The number of aliphatic hydroxyl groups is 1. The average Bonchev–Trinajstić information content (AvgIpc) is 3.57. The maximum absolute atomic E-state index is 14.1. The van der Waals surface area contributed by atoms with E-state index in [1.165, 1.54) is 43.0 Å². The van der Waals surface area contributed by atoms with Gasteiger partial charge in [-0.2, -0.15) is 0 Å². The third-order valence-corrected chi connectivity index (χ3v) is 9.26. The molecule has 1 aliphatic rings. The van der Waals surface area contributed by atoms with Crippen LogP contribution in [0.15, 0.2) is 24.3 Å². The van der Waals surface area contributed by atoms with Crippen LogP contribution in [0.1, 0.15) is 72.8 Å². The molecular weight excluding hydrogens is 771 g/mol. The highest BCUT2D eigenvalue weighted by molar-refractivity contribution is 7.46. The van der Waals surface area contributed by atoms with Crippen LogP contribution in [-0.2, 0) is 49.3 Å². The van der Waals surface area contributed by atoms with Crippen molar-refractivity contribution in [3.8, 4) is 5.75 Å². The summed E-state index contributed by atoms with van der Waals surface area (Å²) < 4.78 is 15.7. The summed E-state index contributed by atoms with van der Waals surface area (Å²) in [7, 11) is -4.81. The number of rotatable bonds is 21. The number of hydrogen-bond acceptors (Lipinski definition) is 11. The molecule has 1 aromatic carbocycles. The van der Waals surface area contributed by atoms with Gasteiger partial charge in [-0.25, -0.2) is 4.57 Å². The summed E-state index contributed by atoms with van der Waals surface area (Å²) >= 11 is 0. The van der Waals surface area contributed by atoms with Crippen LogP contribution < -0.4 is 42.6 Å². The quantitative estimate of drug-likeness (QED) is 0.0578. The van der Waals surface area contributed by atoms with E-state index < -0.39 is 110 Å². The Bertz CT molecular complexity index is 1680. The Morgan fingerprint density at radius 2 is 1.40 bits per heavy atom. The zero-order chi connectivity index (χ0) is 43.4. The summed E-state index contributed by atoms with van der Waals surface area (Å²) in [6.45, 7) is 9.31. The zero-order valence-electron chi connectivity index (χ0n) is 32.7. The number of benzene rings is 1. The fourth-order valence-electron chi connectivity index (χ4n) is 6.13. The summed E-state index contributed by atoms with van der Waals surface area (Å²) in [5.74, 6) is -7.36. The maximum Gasteiger partial charge on any atom is 0.524 e. The molecule has 7 atom stereocenters. The summed E-state index contributed by atoms with van der Waals surface area (Å²) in [4.78, 5) is 123. The number of carbonyl (C=O) groups is 8. The fourth-order valence-corrected chi connectivity index (χ4v) is 6.53. The molecule has 0 spiro atoms. The Hall–Kier alpha value is -5.11. The van der Waals surface area contributed by atoms with Crippen LogP contribution in [0.2, 0.25) is 0 Å². The lowest BCUT2D eigenvalue weighted by Crippen LogP contribution is -2.61. The molecule has 21 nitrogen and oxygen atoms in total. The highest BCUT2D eigenvalue weighted by Gasteiger charge is 2.40. The molecule has 0 aromatic heterocycles. The highest BCUT2D eigenvalue weighted by Crippen LogP contribution is 2.37. The smallest absolute Gasteiger partial charge is 0.404 e. The topological polar surface area (TPSA) is 339 Å². The summed E-state index contributed by atoms with van der Waals surface area (Å²) in [5.41, 5.74) is 11.2. The fraction of sp³-hybridized carbons (Fsp3) is 0.600. The average molecular weight is 827 g/mol. The first-order valence-corrected chi connectivity index (χ1v) is 19.8. The minimum Gasteiger partial charge on any atom is -0.404 e. The number of carbonyl (C=O) groups excluding carboxylic acids is 8. The lowest BCUT2D eigenvalue weighted by molar-refractivity contribution is -0.143. The largest absolute Gasteiger partial charge is 0.524 e. The normalized spacial score (nSPS) is 17.3. The SMILES string of the molecule is CC(=O)N[C@H](Cc1ccc(OP(=O)(O)O)cc1)C(=O)N[C@H](CC(C)C)C(=O)N1CCC[C@H]1C(=O)N[C@@H](CC(N)=O)C(=O)N[C@H](C(=O)N[C@H](C(N)=O)C(C)C)[C@@H](C)O. The van der Waals surface area contributed by atoms with E-state index in [9.17, 15) is 48.0 Å². The van der Waals surface area contributed by atoms with Crippen molar-refractivity contribution in [3.63, 3.8) is 0 Å². The molecule has 0 radical (unpaired) electrons. The van der Waals surface area contributed by atoms with Crippen molar-refractivity contribution in [2.24, 2.45) is 23.3 Å². The van der Waals surface area contributed by atoms with E-state index >= 15 is 0 Å². The number of primary amides is 2. The third kappa shape index (κ3) is 15.7. The van der Waals surface area contributed by atoms with Gasteiger partial charge in [-0.15, -0.1) is 0 Å². The van der Waals surface area contributed by atoms with E-state index in [0.29, 0.717) is 12.0 Å². The van der Waals surface area contributed by atoms with Crippen LogP contribution in [0.5, 0.6) is 5.75 Å². The molecule has 0 aliphatic carbocycles. The van der Waals surface area contributed by atoms with Crippen LogP contribution in [-0.4, -0.2) is 116 Å². The van der Waals surface area contributed by atoms with Gasteiger partial charge in [0.1, 0.15) is 42.0 Å². The van der Waals surface area contributed by atoms with Crippen molar-refractivity contribution in [1.29, 1.82) is 0 Å². The van der Waals surface area contributed by atoms with Gasteiger partial charge < -0.3 is 52.6 Å².